The largest absolute Gasteiger partial charge is 0.368 e. The number of nitrogens with one attached hydrogen (secondary N) is 1. The van der Waals surface area contributed by atoms with Gasteiger partial charge in [0, 0.05) is 31.9 Å². The van der Waals surface area contributed by atoms with Gasteiger partial charge in [-0.3, -0.25) is 4.79 Å². The monoisotopic (exact) mass is 467 g/mol. The van der Waals surface area contributed by atoms with E-state index in [1.165, 1.54) is 12.1 Å². The van der Waals surface area contributed by atoms with E-state index in [2.05, 4.69) is 9.62 Å². The molecule has 1 aliphatic heterocycles. The predicted molar refractivity (Wildman–Crippen MR) is 126 cm³/mol. The van der Waals surface area contributed by atoms with Crippen LogP contribution in [0.1, 0.15) is 5.56 Å². The van der Waals surface area contributed by atoms with Crippen molar-refractivity contribution in [3.8, 4) is 0 Å². The van der Waals surface area contributed by atoms with E-state index in [1.54, 1.807) is 4.90 Å². The molecule has 1 heterocycles. The number of carbonyl (C=O) groups excluding carboxylic acids is 1. The summed E-state index contributed by atoms with van der Waals surface area (Å²) in [5.41, 5.74) is 1.95. The van der Waals surface area contributed by atoms with Crippen molar-refractivity contribution in [3.63, 3.8) is 0 Å². The maximum Gasteiger partial charge on any atom is 0.241 e. The molecule has 4 rings (SSSR count). The van der Waals surface area contributed by atoms with Gasteiger partial charge in [0.1, 0.15) is 11.9 Å². The third-order valence-corrected chi connectivity index (χ3v) is 7.20. The zero-order valence-corrected chi connectivity index (χ0v) is 18.9. The van der Waals surface area contributed by atoms with Crippen molar-refractivity contribution in [2.45, 2.75) is 17.4 Å². The van der Waals surface area contributed by atoms with Gasteiger partial charge in [-0.05, 0) is 48.4 Å². The van der Waals surface area contributed by atoms with Gasteiger partial charge < -0.3 is 9.80 Å². The molecule has 172 valence electrons. The number of hydrogen-bond acceptors (Lipinski definition) is 4. The number of hydrogen-bond donors (Lipinski definition) is 1. The second-order valence-electron chi connectivity index (χ2n) is 7.97. The molecule has 3 aromatic carbocycles. The smallest absolute Gasteiger partial charge is 0.241 e. The molecule has 0 saturated carbocycles. The van der Waals surface area contributed by atoms with E-state index < -0.39 is 21.9 Å². The molecule has 0 aromatic heterocycles. The van der Waals surface area contributed by atoms with Gasteiger partial charge in [-0.2, -0.15) is 4.72 Å². The van der Waals surface area contributed by atoms with Crippen LogP contribution < -0.4 is 9.62 Å². The van der Waals surface area contributed by atoms with Crippen LogP contribution in [0.2, 0.25) is 0 Å². The molecule has 1 aliphatic rings. The highest BCUT2D eigenvalue weighted by molar-refractivity contribution is 7.89. The first-order chi connectivity index (χ1) is 15.9. The Bertz CT molecular complexity index is 1160. The second kappa shape index (κ2) is 10.1. The van der Waals surface area contributed by atoms with E-state index in [4.69, 9.17) is 0 Å². The highest BCUT2D eigenvalue weighted by atomic mass is 32.2. The quantitative estimate of drug-likeness (QED) is 0.580. The van der Waals surface area contributed by atoms with E-state index in [0.29, 0.717) is 26.2 Å². The lowest BCUT2D eigenvalue weighted by Gasteiger charge is -2.37. The number of carbonyl (C=O) groups is 1. The molecular formula is C25H26FN3O3S. The Morgan fingerprint density at radius 3 is 2.03 bits per heavy atom. The molecule has 1 atom stereocenters. The van der Waals surface area contributed by atoms with E-state index in [-0.39, 0.29) is 17.2 Å². The molecule has 1 N–H and O–H groups in total. The second-order valence-corrected chi connectivity index (χ2v) is 9.68. The first-order valence-corrected chi connectivity index (χ1v) is 12.3. The molecular weight excluding hydrogens is 441 g/mol. The van der Waals surface area contributed by atoms with Gasteiger partial charge >= 0.3 is 0 Å². The summed E-state index contributed by atoms with van der Waals surface area (Å²) in [6.07, 6.45) is 0.221. The minimum atomic E-state index is -4.01. The average Bonchev–Trinajstić information content (AvgIpc) is 2.85. The van der Waals surface area contributed by atoms with Crippen molar-refractivity contribution in [3.05, 3.63) is 96.3 Å². The average molecular weight is 468 g/mol. The van der Waals surface area contributed by atoms with Gasteiger partial charge in [0.05, 0.1) is 4.90 Å². The number of amides is 1. The Kier molecular flexibility index (Phi) is 7.05. The summed E-state index contributed by atoms with van der Waals surface area (Å²) >= 11 is 0. The summed E-state index contributed by atoms with van der Waals surface area (Å²) in [4.78, 5) is 17.3. The van der Waals surface area contributed by atoms with Crippen molar-refractivity contribution >= 4 is 21.6 Å². The summed E-state index contributed by atoms with van der Waals surface area (Å²) in [5.74, 6) is -0.792. The summed E-state index contributed by atoms with van der Waals surface area (Å²) in [7, 11) is -4.01. The Morgan fingerprint density at radius 1 is 0.848 bits per heavy atom. The van der Waals surface area contributed by atoms with Gasteiger partial charge in [0.15, 0.2) is 0 Å². The van der Waals surface area contributed by atoms with Crippen LogP contribution in [0, 0.1) is 5.82 Å². The molecule has 0 aliphatic carbocycles. The SMILES string of the molecule is O=C([C@H](Cc1ccccc1)NS(=O)(=O)c1ccc(F)cc1)N1CCN(c2ccccc2)CC1. The zero-order chi connectivity index (χ0) is 23.3. The van der Waals surface area contributed by atoms with Crippen molar-refractivity contribution in [2.75, 3.05) is 31.1 Å². The molecule has 33 heavy (non-hydrogen) atoms. The Morgan fingerprint density at radius 2 is 1.42 bits per heavy atom. The van der Waals surface area contributed by atoms with Gasteiger partial charge in [-0.25, -0.2) is 12.8 Å². The molecule has 6 nitrogen and oxygen atoms in total. The van der Waals surface area contributed by atoms with Crippen molar-refractivity contribution < 1.29 is 17.6 Å². The molecule has 0 unspecified atom stereocenters. The molecule has 0 bridgehead atoms. The Balaban J connectivity index is 1.50. The summed E-state index contributed by atoms with van der Waals surface area (Å²) in [5, 5.41) is 0. The van der Waals surface area contributed by atoms with Crippen LogP contribution in [-0.4, -0.2) is 51.4 Å². The van der Waals surface area contributed by atoms with Crippen LogP contribution in [0.5, 0.6) is 0 Å². The Labute approximate surface area is 193 Å². The molecule has 0 spiro atoms. The topological polar surface area (TPSA) is 69.7 Å². The lowest BCUT2D eigenvalue weighted by molar-refractivity contribution is -0.133. The van der Waals surface area contributed by atoms with E-state index in [0.717, 1.165) is 23.4 Å². The number of benzene rings is 3. The lowest BCUT2D eigenvalue weighted by Crippen LogP contribution is -2.55. The van der Waals surface area contributed by atoms with Crippen LogP contribution in [0.25, 0.3) is 0 Å². The number of rotatable bonds is 7. The van der Waals surface area contributed by atoms with Crippen molar-refractivity contribution in [1.82, 2.24) is 9.62 Å². The van der Waals surface area contributed by atoms with Gasteiger partial charge in [0.2, 0.25) is 15.9 Å². The Hall–Kier alpha value is -3.23. The number of anilines is 1. The van der Waals surface area contributed by atoms with Gasteiger partial charge in [0.25, 0.3) is 0 Å². The number of piperazine rings is 1. The number of halogens is 1. The summed E-state index contributed by atoms with van der Waals surface area (Å²) in [6, 6.07) is 22.9. The minimum absolute atomic E-state index is 0.0799. The fraction of sp³-hybridized carbons (Fsp3) is 0.240. The van der Waals surface area contributed by atoms with Crippen LogP contribution in [0.3, 0.4) is 0 Å². The third kappa shape index (κ3) is 5.77. The molecule has 0 radical (unpaired) electrons. The number of nitrogens with zero attached hydrogens (tertiary/aromatic N) is 2. The standard InChI is InChI=1S/C25H26FN3O3S/c26-21-11-13-23(14-12-21)33(31,32)27-24(19-20-7-3-1-4-8-20)25(30)29-17-15-28(16-18-29)22-9-5-2-6-10-22/h1-14,24,27H,15-19H2/t24-/m0/s1. The maximum absolute atomic E-state index is 13.4. The lowest BCUT2D eigenvalue weighted by atomic mass is 10.1. The predicted octanol–water partition coefficient (Wildman–Crippen LogP) is 3.06. The van der Waals surface area contributed by atoms with Crippen LogP contribution in [0.4, 0.5) is 10.1 Å². The van der Waals surface area contributed by atoms with Gasteiger partial charge in [-0.15, -0.1) is 0 Å². The summed E-state index contributed by atoms with van der Waals surface area (Å²) < 4.78 is 41.7. The number of sulfonamides is 1. The number of para-hydroxylation sites is 1. The van der Waals surface area contributed by atoms with E-state index in [9.17, 15) is 17.6 Å². The van der Waals surface area contributed by atoms with Crippen LogP contribution in [-0.2, 0) is 21.2 Å². The fourth-order valence-corrected chi connectivity index (χ4v) is 5.13. The van der Waals surface area contributed by atoms with Gasteiger partial charge in [-0.1, -0.05) is 48.5 Å². The molecule has 1 saturated heterocycles. The first kappa shape index (κ1) is 22.9. The van der Waals surface area contributed by atoms with Crippen LogP contribution >= 0.6 is 0 Å². The fourth-order valence-electron chi connectivity index (χ4n) is 3.94. The molecule has 3 aromatic rings. The highest BCUT2D eigenvalue weighted by Gasteiger charge is 2.31. The highest BCUT2D eigenvalue weighted by Crippen LogP contribution is 2.18. The zero-order valence-electron chi connectivity index (χ0n) is 18.1. The van der Waals surface area contributed by atoms with E-state index >= 15 is 0 Å². The van der Waals surface area contributed by atoms with E-state index in [1.807, 2.05) is 60.7 Å². The van der Waals surface area contributed by atoms with Crippen molar-refractivity contribution in [1.29, 1.82) is 0 Å². The third-order valence-electron chi connectivity index (χ3n) is 5.71. The van der Waals surface area contributed by atoms with Crippen molar-refractivity contribution in [2.24, 2.45) is 0 Å². The summed E-state index contributed by atoms with van der Waals surface area (Å²) in [6.45, 7) is 2.33. The normalized spacial score (nSPS) is 15.3. The molecule has 8 heteroatoms. The maximum atomic E-state index is 13.4. The van der Waals surface area contributed by atoms with Crippen LogP contribution in [0.15, 0.2) is 89.8 Å². The molecule has 1 amide bonds. The minimum Gasteiger partial charge on any atom is -0.368 e. The first-order valence-electron chi connectivity index (χ1n) is 10.8. The molecule has 1 fully saturated rings.